The van der Waals surface area contributed by atoms with Crippen molar-refractivity contribution >= 4 is 5.97 Å². The predicted molar refractivity (Wildman–Crippen MR) is 59.4 cm³/mol. The van der Waals surface area contributed by atoms with Gasteiger partial charge in [-0.05, 0) is 30.5 Å². The van der Waals surface area contributed by atoms with Crippen LogP contribution in [0.1, 0.15) is 41.6 Å². The van der Waals surface area contributed by atoms with Crippen molar-refractivity contribution < 1.29 is 14.3 Å². The minimum atomic E-state index is -1.11. The molecule has 0 heterocycles. The van der Waals surface area contributed by atoms with Crippen molar-refractivity contribution in [3.8, 4) is 0 Å². The lowest BCUT2D eigenvalue weighted by Crippen LogP contribution is -2.21. The fourth-order valence-corrected chi connectivity index (χ4v) is 2.37. The quantitative estimate of drug-likeness (QED) is 0.852. The number of carbonyl (C=O) groups is 1. The Balaban J connectivity index is 2.15. The number of hydrogen-bond donors (Lipinski definition) is 1. The molecule has 0 radical (unpaired) electrons. The summed E-state index contributed by atoms with van der Waals surface area (Å²) in [5, 5.41) is 8.84. The Kier molecular flexibility index (Phi) is 2.95. The molecule has 1 N–H and O–H groups in total. The molecular formula is C13H15FO2. The molecule has 0 amide bonds. The second-order valence-electron chi connectivity index (χ2n) is 4.54. The van der Waals surface area contributed by atoms with Gasteiger partial charge in [-0.3, -0.25) is 0 Å². The zero-order chi connectivity index (χ0) is 11.6. The third kappa shape index (κ3) is 2.40. The number of halogens is 1. The van der Waals surface area contributed by atoms with E-state index in [0.717, 1.165) is 18.4 Å². The number of carboxylic acid groups (broad SMARTS) is 1. The van der Waals surface area contributed by atoms with Crippen LogP contribution in [-0.4, -0.2) is 16.7 Å². The minimum absolute atomic E-state index is 0.235. The molecule has 0 aromatic heterocycles. The molecule has 0 aliphatic heterocycles. The van der Waals surface area contributed by atoms with Crippen LogP contribution in [0, 0.1) is 0 Å². The molecule has 2 nitrogen and oxygen atoms in total. The maximum absolute atomic E-state index is 14.2. The highest BCUT2D eigenvalue weighted by Gasteiger charge is 2.33. The van der Waals surface area contributed by atoms with Crippen LogP contribution in [0.5, 0.6) is 0 Å². The monoisotopic (exact) mass is 222 g/mol. The van der Waals surface area contributed by atoms with Crippen molar-refractivity contribution in [2.45, 2.75) is 37.8 Å². The molecule has 2 rings (SSSR count). The molecule has 3 heteroatoms. The predicted octanol–water partition coefficient (Wildman–Crippen LogP) is 3.21. The average molecular weight is 222 g/mol. The van der Waals surface area contributed by atoms with E-state index in [0.29, 0.717) is 19.3 Å². The van der Waals surface area contributed by atoms with Gasteiger partial charge in [-0.1, -0.05) is 25.0 Å². The van der Waals surface area contributed by atoms with Crippen LogP contribution < -0.4 is 0 Å². The Hall–Kier alpha value is -1.38. The third-order valence-corrected chi connectivity index (χ3v) is 3.19. The van der Waals surface area contributed by atoms with Crippen molar-refractivity contribution in [3.05, 3.63) is 35.4 Å². The molecule has 1 fully saturated rings. The van der Waals surface area contributed by atoms with Gasteiger partial charge in [-0.2, -0.15) is 0 Å². The van der Waals surface area contributed by atoms with Crippen LogP contribution >= 0.6 is 0 Å². The summed E-state index contributed by atoms with van der Waals surface area (Å²) in [7, 11) is 0. The van der Waals surface area contributed by atoms with E-state index < -0.39 is 11.6 Å². The summed E-state index contributed by atoms with van der Waals surface area (Å²) in [6, 6.07) is 6.58. The lowest BCUT2D eigenvalue weighted by molar-refractivity contribution is 0.0696. The van der Waals surface area contributed by atoms with Crippen molar-refractivity contribution in [1.29, 1.82) is 0 Å². The summed E-state index contributed by atoms with van der Waals surface area (Å²) >= 11 is 0. The van der Waals surface area contributed by atoms with E-state index in [4.69, 9.17) is 5.11 Å². The van der Waals surface area contributed by atoms with Gasteiger partial charge in [-0.15, -0.1) is 0 Å². The number of carboxylic acids is 1. The Labute approximate surface area is 94.1 Å². The number of aromatic carboxylic acids is 1. The van der Waals surface area contributed by atoms with Crippen molar-refractivity contribution in [3.63, 3.8) is 0 Å². The highest BCUT2D eigenvalue weighted by Crippen LogP contribution is 2.36. The Morgan fingerprint density at radius 1 is 1.38 bits per heavy atom. The van der Waals surface area contributed by atoms with Crippen LogP contribution in [0.25, 0.3) is 0 Å². The van der Waals surface area contributed by atoms with Gasteiger partial charge in [0.2, 0.25) is 0 Å². The molecular weight excluding hydrogens is 207 g/mol. The van der Waals surface area contributed by atoms with Gasteiger partial charge < -0.3 is 5.11 Å². The molecule has 0 unspecified atom stereocenters. The number of rotatable bonds is 3. The van der Waals surface area contributed by atoms with Gasteiger partial charge in [0.05, 0.1) is 5.56 Å². The fourth-order valence-electron chi connectivity index (χ4n) is 2.37. The minimum Gasteiger partial charge on any atom is -0.478 e. The van der Waals surface area contributed by atoms with Gasteiger partial charge in [0.25, 0.3) is 0 Å². The smallest absolute Gasteiger partial charge is 0.335 e. The third-order valence-electron chi connectivity index (χ3n) is 3.19. The van der Waals surface area contributed by atoms with Crippen molar-refractivity contribution in [2.24, 2.45) is 0 Å². The van der Waals surface area contributed by atoms with Crippen LogP contribution in [0.4, 0.5) is 4.39 Å². The van der Waals surface area contributed by atoms with E-state index in [2.05, 4.69) is 0 Å². The molecule has 1 aliphatic carbocycles. The van der Waals surface area contributed by atoms with Crippen LogP contribution in [-0.2, 0) is 6.42 Å². The molecule has 0 spiro atoms. The Morgan fingerprint density at radius 3 is 2.69 bits per heavy atom. The zero-order valence-corrected chi connectivity index (χ0v) is 9.08. The first-order chi connectivity index (χ1) is 7.59. The van der Waals surface area contributed by atoms with Gasteiger partial charge in [0.15, 0.2) is 0 Å². The zero-order valence-electron chi connectivity index (χ0n) is 9.08. The maximum Gasteiger partial charge on any atom is 0.335 e. The average Bonchev–Trinajstić information content (AvgIpc) is 2.65. The maximum atomic E-state index is 14.2. The second-order valence-corrected chi connectivity index (χ2v) is 4.54. The molecule has 0 bridgehead atoms. The van der Waals surface area contributed by atoms with Gasteiger partial charge in [-0.25, -0.2) is 9.18 Å². The molecule has 1 aliphatic rings. The number of hydrogen-bond acceptors (Lipinski definition) is 1. The lowest BCUT2D eigenvalue weighted by atomic mass is 9.94. The highest BCUT2D eigenvalue weighted by atomic mass is 19.1. The SMILES string of the molecule is O=C(O)c1cccc(CC2(F)CCCC2)c1. The molecule has 16 heavy (non-hydrogen) atoms. The van der Waals surface area contributed by atoms with E-state index in [1.807, 2.05) is 0 Å². The normalized spacial score (nSPS) is 18.6. The number of benzene rings is 1. The van der Waals surface area contributed by atoms with Crippen molar-refractivity contribution in [2.75, 3.05) is 0 Å². The largest absolute Gasteiger partial charge is 0.478 e. The lowest BCUT2D eigenvalue weighted by Gasteiger charge is -2.18. The molecule has 86 valence electrons. The van der Waals surface area contributed by atoms with Crippen LogP contribution in [0.2, 0.25) is 0 Å². The van der Waals surface area contributed by atoms with E-state index in [1.165, 1.54) is 6.07 Å². The first-order valence-corrected chi connectivity index (χ1v) is 5.60. The first kappa shape index (κ1) is 11.1. The summed E-state index contributed by atoms with van der Waals surface area (Å²) in [5.41, 5.74) is -0.0969. The molecule has 1 aromatic carbocycles. The summed E-state index contributed by atoms with van der Waals surface area (Å²) in [6.45, 7) is 0. The second kappa shape index (κ2) is 4.24. The molecule has 1 saturated carbocycles. The topological polar surface area (TPSA) is 37.3 Å². The fraction of sp³-hybridized carbons (Fsp3) is 0.462. The van der Waals surface area contributed by atoms with Gasteiger partial charge in [0, 0.05) is 6.42 Å². The summed E-state index contributed by atoms with van der Waals surface area (Å²) in [6.07, 6.45) is 3.42. The molecule has 1 aromatic rings. The number of alkyl halides is 1. The van der Waals surface area contributed by atoms with E-state index >= 15 is 0 Å². The van der Waals surface area contributed by atoms with Crippen molar-refractivity contribution in [1.82, 2.24) is 0 Å². The summed E-state index contributed by atoms with van der Waals surface area (Å²) in [4.78, 5) is 10.8. The first-order valence-electron chi connectivity index (χ1n) is 5.60. The van der Waals surface area contributed by atoms with Gasteiger partial charge in [0.1, 0.15) is 5.67 Å². The summed E-state index contributed by atoms with van der Waals surface area (Å²) in [5.74, 6) is -0.957. The van der Waals surface area contributed by atoms with E-state index in [1.54, 1.807) is 18.2 Å². The van der Waals surface area contributed by atoms with E-state index in [9.17, 15) is 9.18 Å². The Bertz CT molecular complexity index is 395. The Morgan fingerprint density at radius 2 is 2.06 bits per heavy atom. The summed E-state index contributed by atoms with van der Waals surface area (Å²) < 4.78 is 14.2. The standard InChI is InChI=1S/C13H15FO2/c14-13(6-1-2-7-13)9-10-4-3-5-11(8-10)12(15)16/h3-5,8H,1-2,6-7,9H2,(H,15,16). The molecule has 0 saturated heterocycles. The molecule has 0 atom stereocenters. The van der Waals surface area contributed by atoms with Crippen LogP contribution in [0.15, 0.2) is 24.3 Å². The highest BCUT2D eigenvalue weighted by molar-refractivity contribution is 5.87. The van der Waals surface area contributed by atoms with E-state index in [-0.39, 0.29) is 5.56 Å². The van der Waals surface area contributed by atoms with Gasteiger partial charge >= 0.3 is 5.97 Å². The van der Waals surface area contributed by atoms with Crippen LogP contribution in [0.3, 0.4) is 0 Å².